The Kier molecular flexibility index (Phi) is 5.65. The zero-order valence-electron chi connectivity index (χ0n) is 13.4. The van der Waals surface area contributed by atoms with Gasteiger partial charge in [0.2, 0.25) is 0 Å². The summed E-state index contributed by atoms with van der Waals surface area (Å²) in [6, 6.07) is 2.18. The van der Waals surface area contributed by atoms with E-state index >= 15 is 0 Å². The van der Waals surface area contributed by atoms with Gasteiger partial charge in [0.25, 0.3) is 0 Å². The van der Waals surface area contributed by atoms with Crippen molar-refractivity contribution in [3.8, 4) is 0 Å². The Bertz CT molecular complexity index is 413. The summed E-state index contributed by atoms with van der Waals surface area (Å²) in [6.45, 7) is 12.0. The molecule has 1 fully saturated rings. The van der Waals surface area contributed by atoms with Crippen molar-refractivity contribution in [3.63, 3.8) is 0 Å². The Labute approximate surface area is 127 Å². The van der Waals surface area contributed by atoms with Crippen LogP contribution in [0.3, 0.4) is 0 Å². The molecule has 1 aliphatic carbocycles. The van der Waals surface area contributed by atoms with Crippen molar-refractivity contribution in [2.45, 2.75) is 59.6 Å². The fourth-order valence-corrected chi connectivity index (χ4v) is 4.35. The van der Waals surface area contributed by atoms with Crippen molar-refractivity contribution in [2.75, 3.05) is 13.2 Å². The molecular weight excluding hydrogens is 266 g/mol. The lowest BCUT2D eigenvalue weighted by atomic mass is 9.71. The molecule has 0 radical (unpaired) electrons. The molecule has 0 spiro atoms. The molecule has 1 N–H and O–H groups in total. The molecule has 2 unspecified atom stereocenters. The third-order valence-corrected chi connectivity index (χ3v) is 5.26. The van der Waals surface area contributed by atoms with E-state index in [1.807, 2.05) is 11.3 Å². The van der Waals surface area contributed by atoms with Gasteiger partial charge in [-0.25, -0.2) is 0 Å². The van der Waals surface area contributed by atoms with Gasteiger partial charge in [0.1, 0.15) is 0 Å². The van der Waals surface area contributed by atoms with E-state index in [4.69, 9.17) is 4.74 Å². The molecule has 2 atom stereocenters. The van der Waals surface area contributed by atoms with Crippen LogP contribution in [0.1, 0.15) is 50.5 Å². The van der Waals surface area contributed by atoms with Gasteiger partial charge >= 0.3 is 0 Å². The molecule has 1 heterocycles. The van der Waals surface area contributed by atoms with Crippen LogP contribution < -0.4 is 5.32 Å². The molecule has 1 saturated carbocycles. The van der Waals surface area contributed by atoms with E-state index in [2.05, 4.69) is 44.5 Å². The van der Waals surface area contributed by atoms with Crippen LogP contribution in [0.4, 0.5) is 0 Å². The summed E-state index contributed by atoms with van der Waals surface area (Å²) in [7, 11) is 0. The van der Waals surface area contributed by atoms with Gasteiger partial charge in [-0.15, -0.1) is 11.3 Å². The summed E-state index contributed by atoms with van der Waals surface area (Å²) in [6.07, 6.45) is 4.23. The first-order chi connectivity index (χ1) is 9.46. The van der Waals surface area contributed by atoms with Gasteiger partial charge in [-0.05, 0) is 54.5 Å². The minimum atomic E-state index is 0.448. The van der Waals surface area contributed by atoms with E-state index in [1.165, 1.54) is 29.7 Å². The van der Waals surface area contributed by atoms with Gasteiger partial charge < -0.3 is 10.1 Å². The molecule has 2 nitrogen and oxygen atoms in total. The third kappa shape index (κ3) is 4.87. The average molecular weight is 295 g/mol. The molecule has 0 amide bonds. The highest BCUT2D eigenvalue weighted by Crippen LogP contribution is 2.39. The van der Waals surface area contributed by atoms with Crippen LogP contribution in [0.5, 0.6) is 0 Å². The van der Waals surface area contributed by atoms with Crippen LogP contribution in [0.15, 0.2) is 11.4 Å². The third-order valence-electron chi connectivity index (χ3n) is 4.23. The summed E-state index contributed by atoms with van der Waals surface area (Å²) in [5, 5.41) is 5.65. The molecular formula is C17H29NOS. The number of nitrogens with one attached hydrogen (secondary N) is 1. The largest absolute Gasteiger partial charge is 0.377 e. The van der Waals surface area contributed by atoms with E-state index in [0.717, 1.165) is 25.6 Å². The lowest BCUT2D eigenvalue weighted by Crippen LogP contribution is -2.34. The Morgan fingerprint density at radius 1 is 1.40 bits per heavy atom. The number of rotatable bonds is 6. The molecule has 2 rings (SSSR count). The summed E-state index contributed by atoms with van der Waals surface area (Å²) in [5.41, 5.74) is 1.84. The number of hydrogen-bond acceptors (Lipinski definition) is 3. The zero-order valence-corrected chi connectivity index (χ0v) is 14.2. The zero-order chi connectivity index (χ0) is 14.6. The molecule has 20 heavy (non-hydrogen) atoms. The highest BCUT2D eigenvalue weighted by atomic mass is 32.1. The quantitative estimate of drug-likeness (QED) is 0.787. The topological polar surface area (TPSA) is 21.3 Å². The van der Waals surface area contributed by atoms with E-state index < -0.39 is 0 Å². The Balaban J connectivity index is 1.62. The molecule has 1 aromatic heterocycles. The molecule has 1 aliphatic rings. The van der Waals surface area contributed by atoms with Crippen molar-refractivity contribution in [1.29, 1.82) is 0 Å². The number of hydrogen-bond donors (Lipinski definition) is 1. The van der Waals surface area contributed by atoms with E-state index in [9.17, 15) is 0 Å². The van der Waals surface area contributed by atoms with E-state index in [1.54, 1.807) is 0 Å². The SMILES string of the molecule is Cc1ccsc1CNCCOC1CC(C)CC(C)(C)C1. The van der Waals surface area contributed by atoms with Crippen molar-refractivity contribution in [1.82, 2.24) is 5.32 Å². The fraction of sp³-hybridized carbons (Fsp3) is 0.765. The summed E-state index contributed by atoms with van der Waals surface area (Å²) in [4.78, 5) is 1.44. The van der Waals surface area contributed by atoms with E-state index in [-0.39, 0.29) is 0 Å². The van der Waals surface area contributed by atoms with Crippen molar-refractivity contribution >= 4 is 11.3 Å². The summed E-state index contributed by atoms with van der Waals surface area (Å²) in [5.74, 6) is 0.797. The predicted octanol–water partition coefficient (Wildman–Crippen LogP) is 4.38. The van der Waals surface area contributed by atoms with Crippen molar-refractivity contribution in [2.24, 2.45) is 11.3 Å². The van der Waals surface area contributed by atoms with Gasteiger partial charge in [-0.1, -0.05) is 20.8 Å². The predicted molar refractivity (Wildman–Crippen MR) is 87.3 cm³/mol. The van der Waals surface area contributed by atoms with Crippen LogP contribution in [0.2, 0.25) is 0 Å². The Morgan fingerprint density at radius 2 is 2.20 bits per heavy atom. The van der Waals surface area contributed by atoms with Gasteiger partial charge in [-0.3, -0.25) is 0 Å². The van der Waals surface area contributed by atoms with Crippen molar-refractivity contribution in [3.05, 3.63) is 21.9 Å². The molecule has 0 bridgehead atoms. The van der Waals surface area contributed by atoms with Gasteiger partial charge in [0.05, 0.1) is 12.7 Å². The Morgan fingerprint density at radius 3 is 2.85 bits per heavy atom. The summed E-state index contributed by atoms with van der Waals surface area (Å²) >= 11 is 1.83. The van der Waals surface area contributed by atoms with Crippen LogP contribution >= 0.6 is 11.3 Å². The lowest BCUT2D eigenvalue weighted by molar-refractivity contribution is -0.0213. The lowest BCUT2D eigenvalue weighted by Gasteiger charge is -2.38. The number of thiophene rings is 1. The standard InChI is InChI=1S/C17H29NOS/c1-13-9-15(11-17(3,4)10-13)19-7-6-18-12-16-14(2)5-8-20-16/h5,8,13,15,18H,6-7,9-12H2,1-4H3. The molecule has 0 aromatic carbocycles. The van der Waals surface area contributed by atoms with Crippen molar-refractivity contribution < 1.29 is 4.74 Å². The van der Waals surface area contributed by atoms with Gasteiger partial charge in [-0.2, -0.15) is 0 Å². The summed E-state index contributed by atoms with van der Waals surface area (Å²) < 4.78 is 6.08. The number of aryl methyl sites for hydroxylation is 1. The van der Waals surface area contributed by atoms with Crippen LogP contribution in [0.25, 0.3) is 0 Å². The van der Waals surface area contributed by atoms with Crippen LogP contribution in [-0.4, -0.2) is 19.3 Å². The fourth-order valence-electron chi connectivity index (χ4n) is 3.47. The molecule has 114 valence electrons. The first kappa shape index (κ1) is 16.0. The van der Waals surface area contributed by atoms with E-state index in [0.29, 0.717) is 11.5 Å². The molecule has 1 aromatic rings. The maximum atomic E-state index is 6.08. The average Bonchev–Trinajstić information content (AvgIpc) is 2.72. The van der Waals surface area contributed by atoms with Gasteiger partial charge in [0, 0.05) is 18.0 Å². The Hall–Kier alpha value is -0.380. The second-order valence-electron chi connectivity index (χ2n) is 7.11. The smallest absolute Gasteiger partial charge is 0.0594 e. The van der Waals surface area contributed by atoms with Crippen LogP contribution in [0, 0.1) is 18.3 Å². The van der Waals surface area contributed by atoms with Gasteiger partial charge in [0.15, 0.2) is 0 Å². The minimum absolute atomic E-state index is 0.448. The maximum absolute atomic E-state index is 6.08. The normalized spacial score (nSPS) is 25.8. The second kappa shape index (κ2) is 7.06. The minimum Gasteiger partial charge on any atom is -0.377 e. The highest BCUT2D eigenvalue weighted by Gasteiger charge is 2.32. The highest BCUT2D eigenvalue weighted by molar-refractivity contribution is 7.10. The molecule has 0 saturated heterocycles. The number of ether oxygens (including phenoxy) is 1. The monoisotopic (exact) mass is 295 g/mol. The second-order valence-corrected chi connectivity index (χ2v) is 8.11. The first-order valence-corrected chi connectivity index (χ1v) is 8.69. The van der Waals surface area contributed by atoms with Crippen LogP contribution in [-0.2, 0) is 11.3 Å². The molecule has 3 heteroatoms. The first-order valence-electron chi connectivity index (χ1n) is 7.81. The molecule has 0 aliphatic heterocycles. The maximum Gasteiger partial charge on any atom is 0.0594 e.